The van der Waals surface area contributed by atoms with Crippen molar-refractivity contribution < 1.29 is 4.79 Å². The molecule has 2 N–H and O–H groups in total. The second-order valence-corrected chi connectivity index (χ2v) is 4.16. The summed E-state index contributed by atoms with van der Waals surface area (Å²) in [5.74, 6) is 0.381. The van der Waals surface area contributed by atoms with E-state index in [1.165, 1.54) is 0 Å². The van der Waals surface area contributed by atoms with E-state index in [0.29, 0.717) is 18.2 Å². The summed E-state index contributed by atoms with van der Waals surface area (Å²) in [5, 5.41) is 5.92. The first-order chi connectivity index (χ1) is 8.77. The van der Waals surface area contributed by atoms with Crippen LogP contribution in [0.15, 0.2) is 12.3 Å². The zero-order chi connectivity index (χ0) is 13.2. The molecule has 0 bridgehead atoms. The van der Waals surface area contributed by atoms with Crippen molar-refractivity contribution in [1.82, 2.24) is 15.3 Å². The van der Waals surface area contributed by atoms with E-state index in [4.69, 9.17) is 0 Å². The van der Waals surface area contributed by atoms with Gasteiger partial charge in [0.2, 0.25) is 5.95 Å². The van der Waals surface area contributed by atoms with Crippen LogP contribution >= 0.6 is 0 Å². The van der Waals surface area contributed by atoms with Crippen molar-refractivity contribution in [3.05, 3.63) is 18.0 Å². The molecule has 1 rings (SSSR count). The minimum absolute atomic E-state index is 0.131. The minimum Gasteiger partial charge on any atom is -0.354 e. The summed E-state index contributed by atoms with van der Waals surface area (Å²) in [6, 6.07) is 1.63. The van der Waals surface area contributed by atoms with E-state index in [-0.39, 0.29) is 5.91 Å². The van der Waals surface area contributed by atoms with Crippen molar-refractivity contribution in [3.63, 3.8) is 0 Å². The van der Waals surface area contributed by atoms with E-state index in [1.54, 1.807) is 12.3 Å². The Morgan fingerprint density at radius 3 is 2.78 bits per heavy atom. The predicted molar refractivity (Wildman–Crippen MR) is 72.7 cm³/mol. The highest BCUT2D eigenvalue weighted by Crippen LogP contribution is 2.01. The van der Waals surface area contributed by atoms with Gasteiger partial charge in [-0.3, -0.25) is 4.79 Å². The molecule has 0 saturated heterocycles. The Hall–Kier alpha value is -1.65. The first kappa shape index (κ1) is 14.4. The zero-order valence-corrected chi connectivity index (χ0v) is 11.2. The van der Waals surface area contributed by atoms with Crippen molar-refractivity contribution in [3.8, 4) is 0 Å². The van der Waals surface area contributed by atoms with Crippen LogP contribution in [-0.2, 0) is 0 Å². The molecule has 0 fully saturated rings. The van der Waals surface area contributed by atoms with Crippen LogP contribution in [0.25, 0.3) is 0 Å². The predicted octanol–water partition coefficient (Wildman–Crippen LogP) is 2.22. The summed E-state index contributed by atoms with van der Waals surface area (Å²) in [6.45, 7) is 5.71. The molecule has 0 saturated carbocycles. The van der Waals surface area contributed by atoms with Gasteiger partial charge in [0, 0.05) is 19.3 Å². The molecule has 1 aromatic heterocycles. The number of aromatic nitrogens is 2. The highest BCUT2D eigenvalue weighted by molar-refractivity contribution is 5.92. The number of anilines is 1. The van der Waals surface area contributed by atoms with Gasteiger partial charge in [-0.15, -0.1) is 0 Å². The van der Waals surface area contributed by atoms with Crippen molar-refractivity contribution in [2.75, 3.05) is 18.4 Å². The Morgan fingerprint density at radius 2 is 2.06 bits per heavy atom. The summed E-state index contributed by atoms with van der Waals surface area (Å²) >= 11 is 0. The molecular weight excluding hydrogens is 228 g/mol. The summed E-state index contributed by atoms with van der Waals surface area (Å²) in [4.78, 5) is 20.0. The van der Waals surface area contributed by atoms with Gasteiger partial charge in [0.1, 0.15) is 5.69 Å². The van der Waals surface area contributed by atoms with Crippen LogP contribution in [0.3, 0.4) is 0 Å². The number of rotatable bonds is 8. The molecule has 0 spiro atoms. The SMILES string of the molecule is CCCCCNC(=O)c1ccnc(NCCC)n1. The molecule has 0 unspecified atom stereocenters. The van der Waals surface area contributed by atoms with E-state index >= 15 is 0 Å². The lowest BCUT2D eigenvalue weighted by Crippen LogP contribution is -2.25. The summed E-state index contributed by atoms with van der Waals surface area (Å²) in [5.41, 5.74) is 0.417. The van der Waals surface area contributed by atoms with Crippen LogP contribution in [0.5, 0.6) is 0 Å². The number of carbonyl (C=O) groups is 1. The Balaban J connectivity index is 2.46. The maximum absolute atomic E-state index is 11.8. The van der Waals surface area contributed by atoms with Crippen LogP contribution in [0, 0.1) is 0 Å². The van der Waals surface area contributed by atoms with Gasteiger partial charge < -0.3 is 10.6 Å². The third-order valence-electron chi connectivity index (χ3n) is 2.49. The molecule has 0 radical (unpaired) electrons. The molecule has 0 aliphatic rings. The zero-order valence-electron chi connectivity index (χ0n) is 11.2. The molecule has 1 amide bonds. The number of nitrogens with one attached hydrogen (secondary N) is 2. The van der Waals surface area contributed by atoms with Crippen molar-refractivity contribution in [1.29, 1.82) is 0 Å². The molecule has 18 heavy (non-hydrogen) atoms. The largest absolute Gasteiger partial charge is 0.354 e. The average molecular weight is 250 g/mol. The van der Waals surface area contributed by atoms with Crippen LogP contribution < -0.4 is 10.6 Å². The first-order valence-electron chi connectivity index (χ1n) is 6.63. The number of nitrogens with zero attached hydrogens (tertiary/aromatic N) is 2. The number of hydrogen-bond donors (Lipinski definition) is 2. The van der Waals surface area contributed by atoms with E-state index in [2.05, 4.69) is 34.4 Å². The van der Waals surface area contributed by atoms with Crippen molar-refractivity contribution in [2.24, 2.45) is 0 Å². The number of carbonyl (C=O) groups excluding carboxylic acids is 1. The second-order valence-electron chi connectivity index (χ2n) is 4.16. The highest BCUT2D eigenvalue weighted by Gasteiger charge is 2.07. The molecule has 0 aliphatic carbocycles. The molecule has 1 heterocycles. The quantitative estimate of drug-likeness (QED) is 0.694. The van der Waals surface area contributed by atoms with Crippen LogP contribution in [0.1, 0.15) is 50.0 Å². The third-order valence-corrected chi connectivity index (χ3v) is 2.49. The van der Waals surface area contributed by atoms with E-state index in [1.807, 2.05) is 0 Å². The van der Waals surface area contributed by atoms with Crippen LogP contribution in [-0.4, -0.2) is 29.0 Å². The summed E-state index contributed by atoms with van der Waals surface area (Å²) in [6.07, 6.45) is 5.89. The van der Waals surface area contributed by atoms with Gasteiger partial charge in [-0.25, -0.2) is 9.97 Å². The molecule has 1 aromatic rings. The molecule has 5 nitrogen and oxygen atoms in total. The number of hydrogen-bond acceptors (Lipinski definition) is 4. The van der Waals surface area contributed by atoms with E-state index in [9.17, 15) is 4.79 Å². The van der Waals surface area contributed by atoms with Crippen molar-refractivity contribution >= 4 is 11.9 Å². The van der Waals surface area contributed by atoms with E-state index in [0.717, 1.165) is 32.2 Å². The van der Waals surface area contributed by atoms with Gasteiger partial charge >= 0.3 is 0 Å². The summed E-state index contributed by atoms with van der Waals surface area (Å²) in [7, 11) is 0. The molecule has 0 aliphatic heterocycles. The Morgan fingerprint density at radius 1 is 1.22 bits per heavy atom. The minimum atomic E-state index is -0.131. The second kappa shape index (κ2) is 8.44. The van der Waals surface area contributed by atoms with Gasteiger partial charge in [-0.1, -0.05) is 26.7 Å². The third kappa shape index (κ3) is 5.12. The Labute approximate surface area is 108 Å². The maximum atomic E-state index is 11.8. The maximum Gasteiger partial charge on any atom is 0.270 e. The van der Waals surface area contributed by atoms with Crippen molar-refractivity contribution in [2.45, 2.75) is 39.5 Å². The normalized spacial score (nSPS) is 10.1. The fourth-order valence-electron chi connectivity index (χ4n) is 1.47. The molecule has 5 heteroatoms. The lowest BCUT2D eigenvalue weighted by molar-refractivity contribution is 0.0948. The Kier molecular flexibility index (Phi) is 6.76. The lowest BCUT2D eigenvalue weighted by atomic mass is 10.2. The highest BCUT2D eigenvalue weighted by atomic mass is 16.1. The fourth-order valence-corrected chi connectivity index (χ4v) is 1.47. The summed E-state index contributed by atoms with van der Waals surface area (Å²) < 4.78 is 0. The monoisotopic (exact) mass is 250 g/mol. The van der Waals surface area contributed by atoms with E-state index < -0.39 is 0 Å². The molecule has 100 valence electrons. The standard InChI is InChI=1S/C13H22N4O/c1-3-5-6-9-14-12(18)11-7-10-16-13(17-11)15-8-4-2/h7,10H,3-6,8-9H2,1-2H3,(H,14,18)(H,15,16,17). The van der Waals surface area contributed by atoms with Gasteiger partial charge in [-0.2, -0.15) is 0 Å². The molecule has 0 atom stereocenters. The number of amides is 1. The molecule has 0 aromatic carbocycles. The van der Waals surface area contributed by atoms with Crippen LogP contribution in [0.4, 0.5) is 5.95 Å². The van der Waals surface area contributed by atoms with Gasteiger partial charge in [0.05, 0.1) is 0 Å². The lowest BCUT2D eigenvalue weighted by Gasteiger charge is -2.06. The van der Waals surface area contributed by atoms with Gasteiger partial charge in [-0.05, 0) is 18.9 Å². The Bertz CT molecular complexity index is 368. The first-order valence-corrected chi connectivity index (χ1v) is 6.63. The van der Waals surface area contributed by atoms with Crippen LogP contribution in [0.2, 0.25) is 0 Å². The molecular formula is C13H22N4O. The fraction of sp³-hybridized carbons (Fsp3) is 0.615. The average Bonchev–Trinajstić information content (AvgIpc) is 2.41. The van der Waals surface area contributed by atoms with Gasteiger partial charge in [0.25, 0.3) is 5.91 Å². The smallest absolute Gasteiger partial charge is 0.270 e. The topological polar surface area (TPSA) is 66.9 Å². The number of unbranched alkanes of at least 4 members (excludes halogenated alkanes) is 2. The van der Waals surface area contributed by atoms with Gasteiger partial charge in [0.15, 0.2) is 0 Å².